The summed E-state index contributed by atoms with van der Waals surface area (Å²) in [6.45, 7) is 3.72. The van der Waals surface area contributed by atoms with Gasteiger partial charge in [-0.25, -0.2) is 4.39 Å². The van der Waals surface area contributed by atoms with Gasteiger partial charge in [-0.2, -0.15) is 0 Å². The van der Waals surface area contributed by atoms with Gasteiger partial charge in [-0.15, -0.1) is 0 Å². The van der Waals surface area contributed by atoms with Crippen molar-refractivity contribution in [3.63, 3.8) is 0 Å². The molecule has 1 heterocycles. The number of pyridine rings is 1. The van der Waals surface area contributed by atoms with Crippen LogP contribution >= 0.6 is 0 Å². The van der Waals surface area contributed by atoms with E-state index in [2.05, 4.69) is 27.7 Å². The Bertz CT molecular complexity index is 686. The Morgan fingerprint density at radius 2 is 1.59 bits per heavy atom. The molecule has 22 heavy (non-hydrogen) atoms. The lowest BCUT2D eigenvalue weighted by atomic mass is 10.2. The zero-order valence-corrected chi connectivity index (χ0v) is 11.5. The Hall–Kier alpha value is -3.22. The molecule has 0 radical (unpaired) electrons. The lowest BCUT2D eigenvalue weighted by Crippen LogP contribution is -2.42. The maximum absolute atomic E-state index is 12.7. The van der Waals surface area contributed by atoms with Crippen molar-refractivity contribution in [2.75, 3.05) is 5.32 Å². The summed E-state index contributed by atoms with van der Waals surface area (Å²) in [5.41, 5.74) is 6.19. The number of halogens is 1. The molecule has 7 heteroatoms. The predicted octanol–water partition coefficient (Wildman–Crippen LogP) is 1.45. The molecule has 0 fully saturated rings. The number of nitrogens with zero attached hydrogens (tertiary/aromatic N) is 1. The highest BCUT2D eigenvalue weighted by molar-refractivity contribution is 6.39. The predicted molar refractivity (Wildman–Crippen MR) is 79.6 cm³/mol. The van der Waals surface area contributed by atoms with E-state index in [0.717, 1.165) is 0 Å². The van der Waals surface area contributed by atoms with Gasteiger partial charge in [0.05, 0.1) is 5.70 Å². The average molecular weight is 300 g/mol. The Balaban J connectivity index is 1.85. The first-order valence-electron chi connectivity index (χ1n) is 6.28. The quantitative estimate of drug-likeness (QED) is 0.589. The fraction of sp³-hybridized carbons (Fsp3) is 0. The van der Waals surface area contributed by atoms with Gasteiger partial charge < -0.3 is 5.32 Å². The van der Waals surface area contributed by atoms with Crippen LogP contribution in [0, 0.1) is 5.82 Å². The van der Waals surface area contributed by atoms with Crippen LogP contribution < -0.4 is 16.2 Å². The van der Waals surface area contributed by atoms with E-state index in [1.165, 1.54) is 24.3 Å². The fourth-order valence-corrected chi connectivity index (χ4v) is 1.54. The van der Waals surface area contributed by atoms with Crippen molar-refractivity contribution >= 4 is 23.2 Å². The minimum Gasteiger partial charge on any atom is -0.318 e. The van der Waals surface area contributed by atoms with Crippen molar-refractivity contribution in [2.45, 2.75) is 0 Å². The van der Waals surface area contributed by atoms with Gasteiger partial charge >= 0.3 is 11.8 Å². The third-order valence-corrected chi connectivity index (χ3v) is 2.66. The Morgan fingerprint density at radius 1 is 0.955 bits per heavy atom. The van der Waals surface area contributed by atoms with E-state index in [9.17, 15) is 14.0 Å². The second-order valence-electron chi connectivity index (χ2n) is 4.25. The molecule has 0 spiro atoms. The van der Waals surface area contributed by atoms with Gasteiger partial charge in [-0.1, -0.05) is 6.58 Å². The molecule has 0 bridgehead atoms. The van der Waals surface area contributed by atoms with E-state index >= 15 is 0 Å². The van der Waals surface area contributed by atoms with Crippen molar-refractivity contribution in [2.24, 2.45) is 0 Å². The number of rotatable bonds is 4. The van der Waals surface area contributed by atoms with Gasteiger partial charge in [0, 0.05) is 23.6 Å². The SMILES string of the molecule is C=C(NNC(=O)C(=O)Nc1ccc(F)cc1)c1ccncc1. The first-order valence-corrected chi connectivity index (χ1v) is 6.28. The van der Waals surface area contributed by atoms with Gasteiger partial charge in [0.2, 0.25) is 0 Å². The van der Waals surface area contributed by atoms with Crippen molar-refractivity contribution in [3.05, 3.63) is 66.8 Å². The molecule has 3 N–H and O–H groups in total. The number of hydrazine groups is 1. The van der Waals surface area contributed by atoms with Gasteiger partial charge in [0.25, 0.3) is 0 Å². The summed E-state index contributed by atoms with van der Waals surface area (Å²) < 4.78 is 12.7. The molecule has 0 atom stereocenters. The molecular formula is C15H13FN4O2. The second-order valence-corrected chi connectivity index (χ2v) is 4.25. The van der Waals surface area contributed by atoms with E-state index in [0.29, 0.717) is 16.9 Å². The number of nitrogens with one attached hydrogen (secondary N) is 3. The number of aromatic nitrogens is 1. The first-order chi connectivity index (χ1) is 10.6. The summed E-state index contributed by atoms with van der Waals surface area (Å²) in [5.74, 6) is -2.22. The number of hydrogen-bond acceptors (Lipinski definition) is 4. The summed E-state index contributed by atoms with van der Waals surface area (Å²) in [5, 5.41) is 2.34. The van der Waals surface area contributed by atoms with Crippen molar-refractivity contribution in [1.29, 1.82) is 0 Å². The van der Waals surface area contributed by atoms with Crippen LogP contribution in [0.5, 0.6) is 0 Å². The Kier molecular flexibility index (Phi) is 4.81. The molecule has 112 valence electrons. The summed E-state index contributed by atoms with van der Waals surface area (Å²) in [6, 6.07) is 8.45. The number of amides is 2. The van der Waals surface area contributed by atoms with E-state index in [4.69, 9.17) is 0 Å². The Morgan fingerprint density at radius 3 is 2.23 bits per heavy atom. The van der Waals surface area contributed by atoms with Gasteiger partial charge in [-0.05, 0) is 36.4 Å². The van der Waals surface area contributed by atoms with Crippen molar-refractivity contribution in [1.82, 2.24) is 15.8 Å². The maximum Gasteiger partial charge on any atom is 0.327 e. The minimum absolute atomic E-state index is 0.314. The largest absolute Gasteiger partial charge is 0.327 e. The third kappa shape index (κ3) is 4.14. The van der Waals surface area contributed by atoms with Crippen LogP contribution in [0.3, 0.4) is 0 Å². The monoisotopic (exact) mass is 300 g/mol. The van der Waals surface area contributed by atoms with Gasteiger partial charge in [0.15, 0.2) is 0 Å². The standard InChI is InChI=1S/C15H13FN4O2/c1-10(11-6-8-17-9-7-11)19-20-15(22)14(21)18-13-4-2-12(16)3-5-13/h2-9,19H,1H2,(H,18,21)(H,20,22). The molecule has 2 amide bonds. The topological polar surface area (TPSA) is 83.1 Å². The minimum atomic E-state index is -0.903. The third-order valence-electron chi connectivity index (χ3n) is 2.66. The van der Waals surface area contributed by atoms with Crippen molar-refractivity contribution in [3.8, 4) is 0 Å². The molecule has 1 aromatic carbocycles. The fourth-order valence-electron chi connectivity index (χ4n) is 1.54. The van der Waals surface area contributed by atoms with Crippen LogP contribution in [0.25, 0.3) is 5.70 Å². The van der Waals surface area contributed by atoms with Crippen molar-refractivity contribution < 1.29 is 14.0 Å². The average Bonchev–Trinajstić information content (AvgIpc) is 2.55. The highest BCUT2D eigenvalue weighted by Gasteiger charge is 2.13. The van der Waals surface area contributed by atoms with Crippen LogP contribution in [0.2, 0.25) is 0 Å². The molecule has 6 nitrogen and oxygen atoms in total. The molecule has 1 aromatic heterocycles. The highest BCUT2D eigenvalue weighted by atomic mass is 19.1. The van der Waals surface area contributed by atoms with E-state index in [1.54, 1.807) is 24.5 Å². The first kappa shape index (κ1) is 15.2. The maximum atomic E-state index is 12.7. The zero-order valence-electron chi connectivity index (χ0n) is 11.5. The number of benzene rings is 1. The van der Waals surface area contributed by atoms with Gasteiger partial charge in [0.1, 0.15) is 5.82 Å². The number of carbonyl (C=O) groups excluding carboxylic acids is 2. The molecule has 2 aromatic rings. The van der Waals surface area contributed by atoms with Crippen LogP contribution in [-0.4, -0.2) is 16.8 Å². The normalized spacial score (nSPS) is 9.68. The molecule has 0 aliphatic heterocycles. The van der Waals surface area contributed by atoms with Crippen LogP contribution in [-0.2, 0) is 9.59 Å². The number of carbonyl (C=O) groups is 2. The van der Waals surface area contributed by atoms with E-state index < -0.39 is 17.6 Å². The van der Waals surface area contributed by atoms with E-state index in [-0.39, 0.29) is 0 Å². The summed E-state index contributed by atoms with van der Waals surface area (Å²) in [6.07, 6.45) is 3.15. The van der Waals surface area contributed by atoms with Gasteiger partial charge in [-0.3, -0.25) is 25.4 Å². The second kappa shape index (κ2) is 6.98. The van der Waals surface area contributed by atoms with Crippen LogP contribution in [0.15, 0.2) is 55.4 Å². The highest BCUT2D eigenvalue weighted by Crippen LogP contribution is 2.08. The number of hydrogen-bond donors (Lipinski definition) is 3. The van der Waals surface area contributed by atoms with E-state index in [1.807, 2.05) is 0 Å². The molecule has 0 saturated carbocycles. The summed E-state index contributed by atoms with van der Waals surface area (Å²) in [7, 11) is 0. The molecule has 0 aliphatic rings. The van der Waals surface area contributed by atoms with Crippen LogP contribution in [0.4, 0.5) is 10.1 Å². The lowest BCUT2D eigenvalue weighted by molar-refractivity contribution is -0.136. The molecule has 0 saturated heterocycles. The smallest absolute Gasteiger partial charge is 0.318 e. The molecule has 0 unspecified atom stereocenters. The number of anilines is 1. The molecular weight excluding hydrogens is 287 g/mol. The molecule has 2 rings (SSSR count). The Labute approximate surface area is 126 Å². The lowest BCUT2D eigenvalue weighted by Gasteiger charge is -2.11. The zero-order chi connectivity index (χ0) is 15.9. The summed E-state index contributed by atoms with van der Waals surface area (Å²) >= 11 is 0. The molecule has 0 aliphatic carbocycles. The van der Waals surface area contributed by atoms with Crippen LogP contribution in [0.1, 0.15) is 5.56 Å². The summed E-state index contributed by atoms with van der Waals surface area (Å²) in [4.78, 5) is 27.1.